The Bertz CT molecular complexity index is 615. The number of hydrogen-bond acceptors (Lipinski definition) is 5. The molecule has 7 heteroatoms. The lowest BCUT2D eigenvalue weighted by molar-refractivity contribution is -0.119. The van der Waals surface area contributed by atoms with E-state index in [9.17, 15) is 4.79 Å². The van der Waals surface area contributed by atoms with Crippen LogP contribution in [0.3, 0.4) is 0 Å². The number of carbonyl (C=O) groups is 1. The molecule has 0 spiro atoms. The van der Waals surface area contributed by atoms with Gasteiger partial charge in [-0.25, -0.2) is 4.98 Å². The first-order chi connectivity index (χ1) is 10.1. The molecule has 1 atom stereocenters. The quantitative estimate of drug-likeness (QED) is 0.799. The molecule has 2 rings (SSSR count). The summed E-state index contributed by atoms with van der Waals surface area (Å²) >= 11 is 1.46. The van der Waals surface area contributed by atoms with Crippen molar-refractivity contribution in [1.82, 2.24) is 20.5 Å². The molecule has 0 bridgehead atoms. The number of nitrogens with zero attached hydrogens (tertiary/aromatic N) is 2. The molecular formula is C14H18N4O2S. The van der Waals surface area contributed by atoms with Crippen LogP contribution in [-0.2, 0) is 4.79 Å². The Morgan fingerprint density at radius 1 is 1.52 bits per heavy atom. The van der Waals surface area contributed by atoms with E-state index in [1.165, 1.54) is 11.8 Å². The van der Waals surface area contributed by atoms with Crippen LogP contribution in [0.15, 0.2) is 29.2 Å². The van der Waals surface area contributed by atoms with E-state index in [2.05, 4.69) is 20.5 Å². The molecule has 0 saturated heterocycles. The first kappa shape index (κ1) is 15.4. The summed E-state index contributed by atoms with van der Waals surface area (Å²) in [5, 5.41) is 9.67. The number of H-pyrrole nitrogens is 1. The molecule has 0 aliphatic rings. The highest BCUT2D eigenvalue weighted by molar-refractivity contribution is 8.00. The van der Waals surface area contributed by atoms with E-state index < -0.39 is 0 Å². The molecule has 1 aromatic heterocycles. The van der Waals surface area contributed by atoms with Gasteiger partial charge in [-0.15, -0.1) is 11.8 Å². The summed E-state index contributed by atoms with van der Waals surface area (Å²) in [5.41, 5.74) is 0. The highest BCUT2D eigenvalue weighted by Crippen LogP contribution is 2.22. The Balaban J connectivity index is 1.84. The molecule has 0 aliphatic heterocycles. The molecule has 21 heavy (non-hydrogen) atoms. The van der Waals surface area contributed by atoms with Gasteiger partial charge in [0.05, 0.1) is 18.9 Å². The Kier molecular flexibility index (Phi) is 5.21. The molecule has 0 unspecified atom stereocenters. The summed E-state index contributed by atoms with van der Waals surface area (Å²) in [6, 6.07) is 7.41. The van der Waals surface area contributed by atoms with Crippen LogP contribution in [0.2, 0.25) is 0 Å². The minimum Gasteiger partial charge on any atom is -0.497 e. The largest absolute Gasteiger partial charge is 0.497 e. The third-order valence-electron chi connectivity index (χ3n) is 2.79. The summed E-state index contributed by atoms with van der Waals surface area (Å²) in [6.45, 7) is 3.68. The maximum atomic E-state index is 11.9. The lowest BCUT2D eigenvalue weighted by Crippen LogP contribution is -2.28. The number of thioether (sulfide) groups is 1. The number of aromatic nitrogens is 3. The standard InChI is InChI=1S/C14H18N4O2S/c1-9(14-16-10(2)17-18-14)15-13(19)8-21-12-6-4-5-11(7-12)20-3/h4-7,9H,8H2,1-3H3,(H,15,19)(H,16,17,18)/t9-/m0/s1. The third kappa shape index (κ3) is 4.49. The van der Waals surface area contributed by atoms with Gasteiger partial charge in [0.2, 0.25) is 5.91 Å². The summed E-state index contributed by atoms with van der Waals surface area (Å²) < 4.78 is 5.15. The number of carbonyl (C=O) groups excluding carboxylic acids is 1. The molecule has 112 valence electrons. The van der Waals surface area contributed by atoms with Gasteiger partial charge in [-0.1, -0.05) is 6.07 Å². The van der Waals surface area contributed by atoms with Crippen molar-refractivity contribution in [3.05, 3.63) is 35.9 Å². The van der Waals surface area contributed by atoms with Gasteiger partial charge in [0.1, 0.15) is 11.6 Å². The van der Waals surface area contributed by atoms with Crippen LogP contribution in [0.25, 0.3) is 0 Å². The Morgan fingerprint density at radius 2 is 2.33 bits per heavy atom. The van der Waals surface area contributed by atoms with E-state index in [4.69, 9.17) is 4.74 Å². The number of rotatable bonds is 6. The number of aromatic amines is 1. The third-order valence-corrected chi connectivity index (χ3v) is 3.78. The van der Waals surface area contributed by atoms with E-state index in [1.807, 2.05) is 38.1 Å². The van der Waals surface area contributed by atoms with Crippen LogP contribution < -0.4 is 10.1 Å². The summed E-state index contributed by atoms with van der Waals surface area (Å²) in [5.74, 6) is 2.38. The van der Waals surface area contributed by atoms with Crippen LogP contribution in [0.4, 0.5) is 0 Å². The highest BCUT2D eigenvalue weighted by atomic mass is 32.2. The lowest BCUT2D eigenvalue weighted by atomic mass is 10.3. The predicted octanol–water partition coefficient (Wildman–Crippen LogP) is 2.09. The Morgan fingerprint density at radius 3 is 3.00 bits per heavy atom. The molecule has 2 N–H and O–H groups in total. The zero-order valence-electron chi connectivity index (χ0n) is 12.2. The molecule has 1 aromatic carbocycles. The van der Waals surface area contributed by atoms with Crippen molar-refractivity contribution in [3.63, 3.8) is 0 Å². The second-order valence-corrected chi connectivity index (χ2v) is 5.58. The van der Waals surface area contributed by atoms with Crippen LogP contribution in [-0.4, -0.2) is 34.0 Å². The molecule has 1 heterocycles. The summed E-state index contributed by atoms with van der Waals surface area (Å²) in [6.07, 6.45) is 0. The summed E-state index contributed by atoms with van der Waals surface area (Å²) in [7, 11) is 1.62. The number of nitrogens with one attached hydrogen (secondary N) is 2. The molecule has 0 fully saturated rings. The van der Waals surface area contributed by atoms with Crippen molar-refractivity contribution >= 4 is 17.7 Å². The average Bonchev–Trinajstić information content (AvgIpc) is 2.92. The monoisotopic (exact) mass is 306 g/mol. The lowest BCUT2D eigenvalue weighted by Gasteiger charge is -2.10. The number of ether oxygens (including phenoxy) is 1. The van der Waals surface area contributed by atoms with Gasteiger partial charge < -0.3 is 10.1 Å². The minimum atomic E-state index is -0.214. The van der Waals surface area contributed by atoms with Crippen molar-refractivity contribution in [3.8, 4) is 5.75 Å². The van der Waals surface area contributed by atoms with Crippen LogP contribution in [0.1, 0.15) is 24.6 Å². The minimum absolute atomic E-state index is 0.0576. The number of aryl methyl sites for hydroxylation is 1. The van der Waals surface area contributed by atoms with E-state index in [0.717, 1.165) is 16.5 Å². The Labute approximate surface area is 127 Å². The number of hydrogen-bond donors (Lipinski definition) is 2. The van der Waals surface area contributed by atoms with Crippen molar-refractivity contribution in [2.45, 2.75) is 24.8 Å². The van der Waals surface area contributed by atoms with Gasteiger partial charge in [-0.2, -0.15) is 5.10 Å². The second-order valence-electron chi connectivity index (χ2n) is 4.54. The van der Waals surface area contributed by atoms with Gasteiger partial charge in [0.15, 0.2) is 5.82 Å². The van der Waals surface area contributed by atoms with E-state index in [1.54, 1.807) is 7.11 Å². The number of methoxy groups -OCH3 is 1. The first-order valence-electron chi connectivity index (χ1n) is 6.53. The molecule has 0 aliphatic carbocycles. The normalized spacial score (nSPS) is 12.0. The molecule has 6 nitrogen and oxygen atoms in total. The van der Waals surface area contributed by atoms with E-state index >= 15 is 0 Å². The number of amides is 1. The van der Waals surface area contributed by atoms with Crippen LogP contribution in [0.5, 0.6) is 5.75 Å². The first-order valence-corrected chi connectivity index (χ1v) is 7.52. The topological polar surface area (TPSA) is 79.9 Å². The fourth-order valence-corrected chi connectivity index (χ4v) is 2.50. The maximum Gasteiger partial charge on any atom is 0.230 e. The predicted molar refractivity (Wildman–Crippen MR) is 81.4 cm³/mol. The fourth-order valence-electron chi connectivity index (χ4n) is 1.74. The van der Waals surface area contributed by atoms with Gasteiger partial charge in [0, 0.05) is 4.90 Å². The average molecular weight is 306 g/mol. The summed E-state index contributed by atoms with van der Waals surface area (Å²) in [4.78, 5) is 17.1. The van der Waals surface area contributed by atoms with Crippen molar-refractivity contribution in [2.24, 2.45) is 0 Å². The molecule has 1 amide bonds. The van der Waals surface area contributed by atoms with Gasteiger partial charge in [0.25, 0.3) is 0 Å². The number of benzene rings is 1. The van der Waals surface area contributed by atoms with E-state index in [-0.39, 0.29) is 11.9 Å². The molecule has 0 saturated carbocycles. The van der Waals surface area contributed by atoms with Crippen LogP contribution in [0, 0.1) is 6.92 Å². The second kappa shape index (κ2) is 7.12. The van der Waals surface area contributed by atoms with Crippen molar-refractivity contribution in [1.29, 1.82) is 0 Å². The zero-order valence-corrected chi connectivity index (χ0v) is 13.0. The van der Waals surface area contributed by atoms with Crippen LogP contribution >= 0.6 is 11.8 Å². The van der Waals surface area contributed by atoms with E-state index in [0.29, 0.717) is 11.6 Å². The van der Waals surface area contributed by atoms with Gasteiger partial charge in [-0.3, -0.25) is 9.89 Å². The molecule has 0 radical (unpaired) electrons. The van der Waals surface area contributed by atoms with Gasteiger partial charge >= 0.3 is 0 Å². The SMILES string of the molecule is COc1cccc(SCC(=O)N[C@@H](C)c2n[nH]c(C)n2)c1. The van der Waals surface area contributed by atoms with Gasteiger partial charge in [-0.05, 0) is 32.0 Å². The Hall–Kier alpha value is -2.02. The maximum absolute atomic E-state index is 11.9. The van der Waals surface area contributed by atoms with Crippen molar-refractivity contribution in [2.75, 3.05) is 12.9 Å². The zero-order chi connectivity index (χ0) is 15.2. The van der Waals surface area contributed by atoms with Crippen molar-refractivity contribution < 1.29 is 9.53 Å². The highest BCUT2D eigenvalue weighted by Gasteiger charge is 2.13. The molecule has 2 aromatic rings. The smallest absolute Gasteiger partial charge is 0.230 e. The molecular weight excluding hydrogens is 288 g/mol. The fraction of sp³-hybridized carbons (Fsp3) is 0.357.